The highest BCUT2D eigenvalue weighted by Gasteiger charge is 2.07. The Morgan fingerprint density at radius 2 is 2.00 bits per heavy atom. The zero-order valence-corrected chi connectivity index (χ0v) is 11.2. The summed E-state index contributed by atoms with van der Waals surface area (Å²) in [6.45, 7) is 0.716. The number of hydrogen-bond donors (Lipinski definition) is 1. The summed E-state index contributed by atoms with van der Waals surface area (Å²) < 4.78 is 29.0. The van der Waals surface area contributed by atoms with Crippen LogP contribution in [0.5, 0.6) is 5.75 Å². The van der Waals surface area contributed by atoms with E-state index in [2.05, 4.69) is 10.3 Å². The third kappa shape index (κ3) is 3.62. The zero-order valence-electron chi connectivity index (χ0n) is 10.3. The third-order valence-electron chi connectivity index (χ3n) is 2.42. The molecule has 0 aliphatic heterocycles. The van der Waals surface area contributed by atoms with Gasteiger partial charge >= 0.3 is 0 Å². The van der Waals surface area contributed by atoms with E-state index < -0.39 is 10.0 Å². The molecule has 20 heavy (non-hydrogen) atoms. The van der Waals surface area contributed by atoms with Crippen LogP contribution in [0.1, 0.15) is 10.5 Å². The number of ether oxygens (including phenoxy) is 1. The third-order valence-corrected chi connectivity index (χ3v) is 3.35. The first-order chi connectivity index (χ1) is 9.49. The van der Waals surface area contributed by atoms with E-state index in [0.29, 0.717) is 25.2 Å². The predicted molar refractivity (Wildman–Crippen MR) is 68.7 cm³/mol. The van der Waals surface area contributed by atoms with E-state index in [1.54, 1.807) is 0 Å². The number of sulfonamides is 1. The van der Waals surface area contributed by atoms with Crippen molar-refractivity contribution in [2.45, 2.75) is 11.4 Å². The number of benzene rings is 1. The van der Waals surface area contributed by atoms with Crippen LogP contribution in [0.3, 0.4) is 0 Å². The summed E-state index contributed by atoms with van der Waals surface area (Å²) in [5.74, 6) is 0.508. The Hall–Kier alpha value is -2.26. The molecule has 0 aliphatic rings. The van der Waals surface area contributed by atoms with Crippen LogP contribution in [-0.2, 0) is 16.6 Å². The highest BCUT2D eigenvalue weighted by atomic mass is 32.2. The first-order valence-electron chi connectivity index (χ1n) is 5.60. The fourth-order valence-electron chi connectivity index (χ4n) is 1.46. The van der Waals surface area contributed by atoms with Gasteiger partial charge in [-0.15, -0.1) is 5.10 Å². The lowest BCUT2D eigenvalue weighted by Gasteiger charge is -2.06. The van der Waals surface area contributed by atoms with Crippen LogP contribution in [0.15, 0.2) is 35.4 Å². The number of nitrogens with zero attached hydrogens (tertiary/aromatic N) is 3. The van der Waals surface area contributed by atoms with Crippen LogP contribution < -0.4 is 9.88 Å². The Bertz CT molecular complexity index is 693. The maximum atomic E-state index is 11.1. The highest BCUT2D eigenvalue weighted by molar-refractivity contribution is 7.89. The molecule has 1 aromatic heterocycles. The van der Waals surface area contributed by atoms with Crippen molar-refractivity contribution in [2.24, 2.45) is 5.14 Å². The molecule has 0 radical (unpaired) electrons. The van der Waals surface area contributed by atoms with Crippen LogP contribution in [0.4, 0.5) is 0 Å². The van der Waals surface area contributed by atoms with E-state index in [1.165, 1.54) is 35.1 Å². The normalized spacial score (nSPS) is 11.2. The molecule has 2 aromatic rings. The first-order valence-corrected chi connectivity index (χ1v) is 7.14. The average molecular weight is 296 g/mol. The van der Waals surface area contributed by atoms with Crippen molar-refractivity contribution in [1.29, 1.82) is 0 Å². The van der Waals surface area contributed by atoms with Crippen molar-refractivity contribution < 1.29 is 17.9 Å². The number of aldehydes is 1. The Morgan fingerprint density at radius 1 is 1.30 bits per heavy atom. The van der Waals surface area contributed by atoms with Gasteiger partial charge in [-0.3, -0.25) is 4.79 Å². The number of primary sulfonamides is 1. The smallest absolute Gasteiger partial charge is 0.238 e. The van der Waals surface area contributed by atoms with Gasteiger partial charge in [0.15, 0.2) is 6.29 Å². The molecule has 2 N–H and O–H groups in total. The Kier molecular flexibility index (Phi) is 4.11. The lowest BCUT2D eigenvalue weighted by atomic mass is 10.3. The summed E-state index contributed by atoms with van der Waals surface area (Å²) in [7, 11) is -3.69. The summed E-state index contributed by atoms with van der Waals surface area (Å²) in [4.78, 5) is 10.4. The summed E-state index contributed by atoms with van der Waals surface area (Å²) in [5.41, 5.74) is 0.252. The molecule has 8 nitrogen and oxygen atoms in total. The standard InChI is InChI=1S/C11H12N4O4S/c12-20(17,18)11-3-1-10(2-4-11)19-6-5-15-7-9(8-16)13-14-15/h1-4,7-8H,5-6H2,(H2,12,17,18). The minimum absolute atomic E-state index is 0.0248. The van der Waals surface area contributed by atoms with E-state index in [-0.39, 0.29) is 10.6 Å². The fourth-order valence-corrected chi connectivity index (χ4v) is 1.97. The van der Waals surface area contributed by atoms with E-state index in [0.717, 1.165) is 0 Å². The molecule has 0 saturated carbocycles. The molecule has 0 aliphatic carbocycles. The van der Waals surface area contributed by atoms with Crippen LogP contribution in [0, 0.1) is 0 Å². The second kappa shape index (κ2) is 5.80. The van der Waals surface area contributed by atoms with Gasteiger partial charge in [0, 0.05) is 0 Å². The maximum absolute atomic E-state index is 11.1. The number of rotatable bonds is 6. The monoisotopic (exact) mass is 296 g/mol. The summed E-state index contributed by atoms with van der Waals surface area (Å²) >= 11 is 0. The molecule has 0 bridgehead atoms. The Labute approximate surface area is 115 Å². The molecule has 0 saturated heterocycles. The van der Waals surface area contributed by atoms with Gasteiger partial charge in [-0.1, -0.05) is 5.21 Å². The minimum Gasteiger partial charge on any atom is -0.492 e. The molecule has 1 aromatic carbocycles. The van der Waals surface area contributed by atoms with Crippen molar-refractivity contribution in [3.63, 3.8) is 0 Å². The van der Waals surface area contributed by atoms with E-state index >= 15 is 0 Å². The van der Waals surface area contributed by atoms with Gasteiger partial charge in [-0.05, 0) is 24.3 Å². The number of carbonyl (C=O) groups is 1. The molecule has 0 fully saturated rings. The molecular formula is C11H12N4O4S. The summed E-state index contributed by atoms with van der Waals surface area (Å²) in [6.07, 6.45) is 2.11. The van der Waals surface area contributed by atoms with Crippen molar-refractivity contribution in [3.8, 4) is 5.75 Å². The Morgan fingerprint density at radius 3 is 2.55 bits per heavy atom. The fraction of sp³-hybridized carbons (Fsp3) is 0.182. The molecule has 0 spiro atoms. The molecule has 106 valence electrons. The van der Waals surface area contributed by atoms with Gasteiger partial charge in [0.2, 0.25) is 10.0 Å². The van der Waals surface area contributed by atoms with Crippen LogP contribution in [0.25, 0.3) is 0 Å². The van der Waals surface area contributed by atoms with Crippen molar-refractivity contribution >= 4 is 16.3 Å². The number of carbonyl (C=O) groups excluding carboxylic acids is 1. The van der Waals surface area contributed by atoms with Gasteiger partial charge < -0.3 is 4.74 Å². The van der Waals surface area contributed by atoms with Gasteiger partial charge in [0.25, 0.3) is 0 Å². The quantitative estimate of drug-likeness (QED) is 0.739. The van der Waals surface area contributed by atoms with Crippen LogP contribution in [-0.4, -0.2) is 36.3 Å². The van der Waals surface area contributed by atoms with Crippen LogP contribution in [0.2, 0.25) is 0 Å². The lowest BCUT2D eigenvalue weighted by Crippen LogP contribution is -2.12. The van der Waals surface area contributed by atoms with E-state index in [1.807, 2.05) is 0 Å². The zero-order chi connectivity index (χ0) is 14.6. The number of aromatic nitrogens is 3. The molecular weight excluding hydrogens is 284 g/mol. The van der Waals surface area contributed by atoms with Crippen LogP contribution >= 0.6 is 0 Å². The number of hydrogen-bond acceptors (Lipinski definition) is 6. The number of nitrogens with two attached hydrogens (primary N) is 1. The highest BCUT2D eigenvalue weighted by Crippen LogP contribution is 2.14. The minimum atomic E-state index is -3.69. The summed E-state index contributed by atoms with van der Waals surface area (Å²) in [5, 5.41) is 12.3. The molecule has 0 atom stereocenters. The van der Waals surface area contributed by atoms with Gasteiger partial charge in [-0.2, -0.15) is 0 Å². The Balaban J connectivity index is 1.89. The predicted octanol–water partition coefficient (Wildman–Crippen LogP) is -0.183. The summed E-state index contributed by atoms with van der Waals surface area (Å²) in [6, 6.07) is 5.76. The van der Waals surface area contributed by atoms with E-state index in [9.17, 15) is 13.2 Å². The van der Waals surface area contributed by atoms with Crippen molar-refractivity contribution in [3.05, 3.63) is 36.2 Å². The molecule has 1 heterocycles. The largest absolute Gasteiger partial charge is 0.492 e. The van der Waals surface area contributed by atoms with Crippen molar-refractivity contribution in [1.82, 2.24) is 15.0 Å². The van der Waals surface area contributed by atoms with E-state index in [4.69, 9.17) is 9.88 Å². The molecule has 9 heteroatoms. The van der Waals surface area contributed by atoms with Gasteiger partial charge in [0.05, 0.1) is 17.6 Å². The average Bonchev–Trinajstić information content (AvgIpc) is 2.86. The molecule has 2 rings (SSSR count). The maximum Gasteiger partial charge on any atom is 0.238 e. The molecule has 0 unspecified atom stereocenters. The molecule has 0 amide bonds. The topological polar surface area (TPSA) is 117 Å². The lowest BCUT2D eigenvalue weighted by molar-refractivity contribution is 0.111. The van der Waals surface area contributed by atoms with Gasteiger partial charge in [0.1, 0.15) is 18.1 Å². The first kappa shape index (κ1) is 14.2. The van der Waals surface area contributed by atoms with Crippen molar-refractivity contribution in [2.75, 3.05) is 6.61 Å². The second-order valence-electron chi connectivity index (χ2n) is 3.89. The SMILES string of the molecule is NS(=O)(=O)c1ccc(OCCn2cc(C=O)nn2)cc1. The second-order valence-corrected chi connectivity index (χ2v) is 5.45. The van der Waals surface area contributed by atoms with Gasteiger partial charge in [-0.25, -0.2) is 18.2 Å².